The third-order valence-electron chi connectivity index (χ3n) is 3.15. The van der Waals surface area contributed by atoms with Crippen LogP contribution >= 0.6 is 35.4 Å². The lowest BCUT2D eigenvalue weighted by molar-refractivity contribution is 0.450. The van der Waals surface area contributed by atoms with Gasteiger partial charge in [-0.3, -0.25) is 0 Å². The summed E-state index contributed by atoms with van der Waals surface area (Å²) in [6.45, 7) is 0. The lowest BCUT2D eigenvalue weighted by atomic mass is 10.2. The minimum Gasteiger partial charge on any atom is -0.508 e. The Morgan fingerprint density at radius 2 is 1.96 bits per heavy atom. The molecule has 0 fully saturated rings. The van der Waals surface area contributed by atoms with Crippen molar-refractivity contribution < 1.29 is 10.2 Å². The second kappa shape index (κ2) is 6.64. The molecule has 3 rings (SSSR count). The van der Waals surface area contributed by atoms with Gasteiger partial charge in [0.1, 0.15) is 11.5 Å². The quantitative estimate of drug-likeness (QED) is 0.469. The van der Waals surface area contributed by atoms with E-state index >= 15 is 0 Å². The summed E-state index contributed by atoms with van der Waals surface area (Å²) in [5.74, 6) is 0.245. The zero-order valence-corrected chi connectivity index (χ0v) is 14.3. The molecule has 0 bridgehead atoms. The molecule has 0 spiro atoms. The first-order valence-corrected chi connectivity index (χ1v) is 7.81. The molecule has 0 saturated carbocycles. The third kappa shape index (κ3) is 3.28. The second-order valence-electron chi connectivity index (χ2n) is 4.78. The monoisotopic (exact) mass is 380 g/mol. The second-order valence-corrected chi connectivity index (χ2v) is 6.01. The van der Waals surface area contributed by atoms with Crippen LogP contribution in [0.25, 0.3) is 11.4 Å². The van der Waals surface area contributed by atoms with E-state index < -0.39 is 0 Å². The molecular weight excluding hydrogens is 371 g/mol. The lowest BCUT2D eigenvalue weighted by Crippen LogP contribution is -1.96. The number of hydrogen-bond acceptors (Lipinski definition) is 5. The summed E-state index contributed by atoms with van der Waals surface area (Å²) in [4.78, 5) is 0. The minimum atomic E-state index is -0.111. The van der Waals surface area contributed by atoms with Crippen molar-refractivity contribution in [3.05, 3.63) is 56.8 Å². The molecule has 0 unspecified atom stereocenters. The Balaban J connectivity index is 2.05. The Morgan fingerprint density at radius 1 is 1.17 bits per heavy atom. The van der Waals surface area contributed by atoms with Crippen molar-refractivity contribution in [2.45, 2.75) is 0 Å². The maximum absolute atomic E-state index is 9.80. The number of aromatic amines is 1. The normalized spacial score (nSPS) is 11.2. The van der Waals surface area contributed by atoms with Crippen LogP contribution in [0.4, 0.5) is 0 Å². The smallest absolute Gasteiger partial charge is 0.216 e. The molecule has 0 aliphatic heterocycles. The molecule has 0 amide bonds. The van der Waals surface area contributed by atoms with Crippen LogP contribution in [0.1, 0.15) is 5.56 Å². The summed E-state index contributed by atoms with van der Waals surface area (Å²) >= 11 is 17.3. The van der Waals surface area contributed by atoms with Crippen molar-refractivity contribution in [1.29, 1.82) is 0 Å². The highest BCUT2D eigenvalue weighted by atomic mass is 35.5. The van der Waals surface area contributed by atoms with E-state index in [2.05, 4.69) is 15.3 Å². The number of benzene rings is 2. The summed E-state index contributed by atoms with van der Waals surface area (Å²) in [7, 11) is 0. The summed E-state index contributed by atoms with van der Waals surface area (Å²) < 4.78 is 1.63. The molecule has 3 N–H and O–H groups in total. The first kappa shape index (κ1) is 16.5. The van der Waals surface area contributed by atoms with Crippen LogP contribution in [0.2, 0.25) is 10.0 Å². The summed E-state index contributed by atoms with van der Waals surface area (Å²) in [6, 6.07) is 9.16. The zero-order valence-electron chi connectivity index (χ0n) is 11.9. The van der Waals surface area contributed by atoms with E-state index in [9.17, 15) is 10.2 Å². The molecule has 6 nitrogen and oxygen atoms in total. The molecule has 0 atom stereocenters. The van der Waals surface area contributed by atoms with Gasteiger partial charge in [0, 0.05) is 22.2 Å². The molecule has 0 radical (unpaired) electrons. The van der Waals surface area contributed by atoms with Crippen LogP contribution in [-0.2, 0) is 0 Å². The highest BCUT2D eigenvalue weighted by molar-refractivity contribution is 7.71. The van der Waals surface area contributed by atoms with Gasteiger partial charge in [-0.1, -0.05) is 23.2 Å². The SMILES string of the molecule is Oc1ccc(C=Nn2c(-c3ccc(Cl)cc3Cl)n[nH]c2=S)c(O)c1. The van der Waals surface area contributed by atoms with E-state index in [0.717, 1.165) is 0 Å². The average molecular weight is 381 g/mol. The van der Waals surface area contributed by atoms with E-state index in [1.807, 2.05) is 0 Å². The van der Waals surface area contributed by atoms with Gasteiger partial charge in [-0.2, -0.15) is 14.9 Å². The Kier molecular flexibility index (Phi) is 4.57. The van der Waals surface area contributed by atoms with Crippen LogP contribution in [0, 0.1) is 4.77 Å². The predicted octanol–water partition coefficient (Wildman–Crippen LogP) is 4.21. The number of nitrogens with one attached hydrogen (secondary N) is 1. The Labute approximate surface area is 151 Å². The molecule has 0 aliphatic rings. The molecule has 0 saturated heterocycles. The van der Waals surface area contributed by atoms with Crippen LogP contribution in [0.3, 0.4) is 0 Å². The van der Waals surface area contributed by atoms with Crippen molar-refractivity contribution in [3.8, 4) is 22.9 Å². The zero-order chi connectivity index (χ0) is 17.3. The number of halogens is 2. The van der Waals surface area contributed by atoms with Crippen molar-refractivity contribution in [1.82, 2.24) is 14.9 Å². The summed E-state index contributed by atoms with van der Waals surface area (Å²) in [5, 5.41) is 31.0. The Morgan fingerprint density at radius 3 is 2.67 bits per heavy atom. The molecule has 122 valence electrons. The summed E-state index contributed by atoms with van der Waals surface area (Å²) in [6.07, 6.45) is 1.40. The van der Waals surface area contributed by atoms with E-state index in [4.69, 9.17) is 35.4 Å². The van der Waals surface area contributed by atoms with Gasteiger partial charge in [-0.05, 0) is 42.5 Å². The lowest BCUT2D eigenvalue weighted by Gasteiger charge is -2.04. The van der Waals surface area contributed by atoms with Crippen molar-refractivity contribution >= 4 is 41.6 Å². The first-order valence-electron chi connectivity index (χ1n) is 6.65. The van der Waals surface area contributed by atoms with E-state index in [0.29, 0.717) is 27.0 Å². The first-order chi connectivity index (χ1) is 11.5. The third-order valence-corrected chi connectivity index (χ3v) is 3.96. The predicted molar refractivity (Wildman–Crippen MR) is 95.6 cm³/mol. The van der Waals surface area contributed by atoms with Gasteiger partial charge in [-0.25, -0.2) is 5.10 Å². The fourth-order valence-corrected chi connectivity index (χ4v) is 2.68. The van der Waals surface area contributed by atoms with E-state index in [-0.39, 0.29) is 16.3 Å². The topological polar surface area (TPSA) is 86.4 Å². The summed E-state index contributed by atoms with van der Waals surface area (Å²) in [5.41, 5.74) is 1.00. The number of hydrogen-bond donors (Lipinski definition) is 3. The van der Waals surface area contributed by atoms with Gasteiger partial charge in [0.15, 0.2) is 5.82 Å². The maximum Gasteiger partial charge on any atom is 0.216 e. The van der Waals surface area contributed by atoms with Gasteiger partial charge >= 0.3 is 0 Å². The maximum atomic E-state index is 9.80. The van der Waals surface area contributed by atoms with Gasteiger partial charge in [0.05, 0.1) is 11.2 Å². The number of H-pyrrole nitrogens is 1. The molecule has 0 aliphatic carbocycles. The average Bonchev–Trinajstić information content (AvgIpc) is 2.87. The van der Waals surface area contributed by atoms with Crippen molar-refractivity contribution in [2.24, 2.45) is 5.10 Å². The number of phenolic OH excluding ortho intramolecular Hbond substituents is 2. The number of rotatable bonds is 3. The molecular formula is C15H10Cl2N4O2S. The van der Waals surface area contributed by atoms with Gasteiger partial charge in [0.2, 0.25) is 4.77 Å². The van der Waals surface area contributed by atoms with E-state index in [1.54, 1.807) is 18.2 Å². The fraction of sp³-hybridized carbons (Fsp3) is 0. The number of phenols is 2. The van der Waals surface area contributed by atoms with Gasteiger partial charge in [0.25, 0.3) is 0 Å². The van der Waals surface area contributed by atoms with Crippen LogP contribution in [0.15, 0.2) is 41.5 Å². The Bertz CT molecular complexity index is 997. The highest BCUT2D eigenvalue weighted by Crippen LogP contribution is 2.29. The minimum absolute atomic E-state index is 0.0433. The number of aromatic hydroxyl groups is 2. The molecule has 1 aromatic heterocycles. The number of nitrogens with zero attached hydrogens (tertiary/aromatic N) is 3. The van der Waals surface area contributed by atoms with Crippen molar-refractivity contribution in [3.63, 3.8) is 0 Å². The molecule has 24 heavy (non-hydrogen) atoms. The van der Waals surface area contributed by atoms with Gasteiger partial charge in [-0.15, -0.1) is 0 Å². The largest absolute Gasteiger partial charge is 0.508 e. The molecule has 3 aromatic rings. The van der Waals surface area contributed by atoms with E-state index in [1.165, 1.54) is 29.1 Å². The molecule has 2 aromatic carbocycles. The van der Waals surface area contributed by atoms with Crippen LogP contribution in [-0.4, -0.2) is 31.3 Å². The standard InChI is InChI=1S/C15H10Cl2N4O2S/c16-9-2-4-11(12(17)5-9)14-19-20-15(24)21(14)18-7-8-1-3-10(22)6-13(8)23/h1-7,22-23H,(H,20,24). The van der Waals surface area contributed by atoms with Gasteiger partial charge < -0.3 is 10.2 Å². The number of aromatic nitrogens is 3. The van der Waals surface area contributed by atoms with Crippen LogP contribution < -0.4 is 0 Å². The molecule has 1 heterocycles. The van der Waals surface area contributed by atoms with Crippen LogP contribution in [0.5, 0.6) is 11.5 Å². The fourth-order valence-electron chi connectivity index (χ4n) is 2.01. The highest BCUT2D eigenvalue weighted by Gasteiger charge is 2.12. The van der Waals surface area contributed by atoms with Crippen molar-refractivity contribution in [2.75, 3.05) is 0 Å². The Hall–Kier alpha value is -2.35. The molecule has 9 heteroatoms.